The Balaban J connectivity index is 2.75. The van der Waals surface area contributed by atoms with Crippen LogP contribution in [0.1, 0.15) is 19.4 Å². The van der Waals surface area contributed by atoms with Crippen molar-refractivity contribution < 1.29 is 33.8 Å². The van der Waals surface area contributed by atoms with Gasteiger partial charge in [-0.15, -0.1) is 0 Å². The molecule has 0 unspecified atom stereocenters. The molecule has 0 bridgehead atoms. The van der Waals surface area contributed by atoms with Crippen LogP contribution in [0.25, 0.3) is 0 Å². The van der Waals surface area contributed by atoms with Crippen molar-refractivity contribution in [2.75, 3.05) is 19.8 Å². The molecular formula is C18H21NO7. The topological polar surface area (TPSA) is 110 Å². The second-order valence-corrected chi connectivity index (χ2v) is 5.28. The predicted molar refractivity (Wildman–Crippen MR) is 90.8 cm³/mol. The highest BCUT2D eigenvalue weighted by Crippen LogP contribution is 2.06. The van der Waals surface area contributed by atoms with Crippen LogP contribution in [0.15, 0.2) is 42.0 Å². The van der Waals surface area contributed by atoms with Crippen LogP contribution < -0.4 is 0 Å². The smallest absolute Gasteiger partial charge is 0.334 e. The molecule has 0 saturated carbocycles. The number of amides is 1. The van der Waals surface area contributed by atoms with E-state index >= 15 is 0 Å². The van der Waals surface area contributed by atoms with E-state index in [0.29, 0.717) is 6.08 Å². The normalized spacial score (nSPS) is 10.8. The Kier molecular flexibility index (Phi) is 8.56. The lowest BCUT2D eigenvalue weighted by Crippen LogP contribution is -2.38. The maximum Gasteiger partial charge on any atom is 0.334 e. The highest BCUT2D eigenvalue weighted by Gasteiger charge is 2.20. The fourth-order valence-electron chi connectivity index (χ4n) is 1.98. The van der Waals surface area contributed by atoms with Gasteiger partial charge in [-0.1, -0.05) is 30.3 Å². The van der Waals surface area contributed by atoms with Crippen molar-refractivity contribution in [2.24, 2.45) is 0 Å². The van der Waals surface area contributed by atoms with Crippen molar-refractivity contribution in [1.82, 2.24) is 4.90 Å². The Bertz CT molecular complexity index is 682. The molecular weight excluding hydrogens is 342 g/mol. The molecule has 0 radical (unpaired) electrons. The molecule has 1 amide bonds. The van der Waals surface area contributed by atoms with Gasteiger partial charge < -0.3 is 19.5 Å². The summed E-state index contributed by atoms with van der Waals surface area (Å²) in [6, 6.07) is 8.99. The summed E-state index contributed by atoms with van der Waals surface area (Å²) in [6.45, 7) is 2.33. The maximum atomic E-state index is 12.3. The Labute approximate surface area is 151 Å². The second kappa shape index (κ2) is 10.7. The first kappa shape index (κ1) is 20.9. The number of carbonyl (C=O) groups is 4. The van der Waals surface area contributed by atoms with E-state index < -0.39 is 30.4 Å². The monoisotopic (exact) mass is 363 g/mol. The molecule has 0 aliphatic heterocycles. The summed E-state index contributed by atoms with van der Waals surface area (Å²) < 4.78 is 9.67. The zero-order valence-corrected chi connectivity index (χ0v) is 14.6. The van der Waals surface area contributed by atoms with Gasteiger partial charge in [0.2, 0.25) is 0 Å². The van der Waals surface area contributed by atoms with Gasteiger partial charge in [0.1, 0.15) is 6.54 Å². The number of aliphatic carboxylic acids is 1. The maximum absolute atomic E-state index is 12.3. The summed E-state index contributed by atoms with van der Waals surface area (Å²) >= 11 is 0. The van der Waals surface area contributed by atoms with E-state index in [9.17, 15) is 19.2 Å². The number of ether oxygens (including phenoxy) is 2. The fraction of sp³-hybridized carbons (Fsp3) is 0.333. The van der Waals surface area contributed by atoms with E-state index in [4.69, 9.17) is 14.6 Å². The largest absolute Gasteiger partial charge is 0.478 e. The van der Waals surface area contributed by atoms with Crippen LogP contribution in [0, 0.1) is 0 Å². The van der Waals surface area contributed by atoms with Gasteiger partial charge in [-0.25, -0.2) is 9.59 Å². The zero-order chi connectivity index (χ0) is 19.5. The number of carboxylic acids is 1. The van der Waals surface area contributed by atoms with Gasteiger partial charge in [-0.2, -0.15) is 0 Å². The van der Waals surface area contributed by atoms with E-state index in [2.05, 4.69) is 0 Å². The number of benzene rings is 1. The molecule has 1 N–H and O–H groups in total. The lowest BCUT2D eigenvalue weighted by Gasteiger charge is -2.21. The lowest BCUT2D eigenvalue weighted by atomic mass is 10.2. The Morgan fingerprint density at radius 3 is 2.35 bits per heavy atom. The molecule has 26 heavy (non-hydrogen) atoms. The molecule has 0 aliphatic carbocycles. The van der Waals surface area contributed by atoms with Crippen LogP contribution in [0.2, 0.25) is 0 Å². The molecule has 0 aromatic heterocycles. The summed E-state index contributed by atoms with van der Waals surface area (Å²) in [5.41, 5.74) is 0.642. The van der Waals surface area contributed by atoms with Gasteiger partial charge in [-0.3, -0.25) is 9.59 Å². The number of carbonyl (C=O) groups excluding carboxylic acids is 3. The minimum Gasteiger partial charge on any atom is -0.478 e. The quantitative estimate of drug-likeness (QED) is 0.517. The molecule has 1 aromatic carbocycles. The molecule has 0 spiro atoms. The summed E-state index contributed by atoms with van der Waals surface area (Å²) in [5.74, 6) is -3.39. The molecule has 0 saturated heterocycles. The van der Waals surface area contributed by atoms with E-state index in [0.717, 1.165) is 5.56 Å². The van der Waals surface area contributed by atoms with Crippen LogP contribution >= 0.6 is 0 Å². The van der Waals surface area contributed by atoms with Crippen LogP contribution in [0.3, 0.4) is 0 Å². The van der Waals surface area contributed by atoms with Crippen LogP contribution in [-0.4, -0.2) is 53.6 Å². The van der Waals surface area contributed by atoms with Crippen molar-refractivity contribution in [3.63, 3.8) is 0 Å². The van der Waals surface area contributed by atoms with Crippen LogP contribution in [0.5, 0.6) is 0 Å². The molecule has 8 heteroatoms. The Hall–Kier alpha value is -3.16. The fourth-order valence-corrected chi connectivity index (χ4v) is 1.98. The van der Waals surface area contributed by atoms with Crippen molar-refractivity contribution in [3.05, 3.63) is 47.5 Å². The Morgan fingerprint density at radius 1 is 1.12 bits per heavy atom. The summed E-state index contributed by atoms with van der Waals surface area (Å²) in [6.07, 6.45) is 0.688. The summed E-state index contributed by atoms with van der Waals surface area (Å²) in [5, 5.41) is 8.60. The molecule has 0 heterocycles. The molecule has 1 rings (SSSR count). The van der Waals surface area contributed by atoms with Crippen molar-refractivity contribution in [2.45, 2.75) is 20.4 Å². The number of hydrogen-bond donors (Lipinski definition) is 1. The van der Waals surface area contributed by atoms with Gasteiger partial charge >= 0.3 is 17.9 Å². The van der Waals surface area contributed by atoms with E-state index in [-0.39, 0.29) is 25.3 Å². The van der Waals surface area contributed by atoms with Gasteiger partial charge in [0.25, 0.3) is 5.91 Å². The SMILES string of the molecule is CCOC(=O)CN(Cc1ccccc1)C(=O)COC(=O)/C(C)=C/C(=O)O. The molecule has 1 aromatic rings. The minimum atomic E-state index is -1.29. The number of nitrogens with zero attached hydrogens (tertiary/aromatic N) is 1. The zero-order valence-electron chi connectivity index (χ0n) is 14.6. The number of esters is 2. The van der Waals surface area contributed by atoms with Gasteiger partial charge in [0.15, 0.2) is 6.61 Å². The molecule has 0 atom stereocenters. The number of carboxylic acid groups (broad SMARTS) is 1. The van der Waals surface area contributed by atoms with Crippen LogP contribution in [0.4, 0.5) is 0 Å². The average molecular weight is 363 g/mol. The second-order valence-electron chi connectivity index (χ2n) is 5.28. The van der Waals surface area contributed by atoms with Crippen molar-refractivity contribution in [3.8, 4) is 0 Å². The van der Waals surface area contributed by atoms with Crippen molar-refractivity contribution in [1.29, 1.82) is 0 Å². The first-order valence-corrected chi connectivity index (χ1v) is 7.89. The molecule has 140 valence electrons. The minimum absolute atomic E-state index is 0.139. The van der Waals surface area contributed by atoms with E-state index in [1.54, 1.807) is 31.2 Å². The summed E-state index contributed by atoms with van der Waals surface area (Å²) in [7, 11) is 0. The first-order valence-electron chi connectivity index (χ1n) is 7.89. The third-order valence-electron chi connectivity index (χ3n) is 3.18. The number of hydrogen-bond acceptors (Lipinski definition) is 6. The Morgan fingerprint density at radius 2 is 1.77 bits per heavy atom. The lowest BCUT2D eigenvalue weighted by molar-refractivity contribution is -0.154. The standard InChI is InChI=1S/C18H21NO7/c1-3-25-17(23)11-19(10-14-7-5-4-6-8-14)15(20)12-26-18(24)13(2)9-16(21)22/h4-9H,3,10-12H2,1-2H3,(H,21,22)/b13-9+. The number of rotatable bonds is 9. The highest BCUT2D eigenvalue weighted by atomic mass is 16.5. The van der Waals surface area contributed by atoms with E-state index in [1.807, 2.05) is 6.07 Å². The molecule has 0 fully saturated rings. The first-order chi connectivity index (χ1) is 12.3. The third-order valence-corrected chi connectivity index (χ3v) is 3.18. The molecule has 8 nitrogen and oxygen atoms in total. The van der Waals surface area contributed by atoms with Crippen molar-refractivity contribution >= 4 is 23.8 Å². The van der Waals surface area contributed by atoms with E-state index in [1.165, 1.54) is 11.8 Å². The average Bonchev–Trinajstić information content (AvgIpc) is 2.59. The highest BCUT2D eigenvalue weighted by molar-refractivity contribution is 5.96. The summed E-state index contributed by atoms with van der Waals surface area (Å²) in [4.78, 5) is 47.5. The third kappa shape index (κ3) is 7.61. The predicted octanol–water partition coefficient (Wildman–Crippen LogP) is 1.15. The van der Waals surface area contributed by atoms with Gasteiger partial charge in [-0.05, 0) is 19.4 Å². The van der Waals surface area contributed by atoms with Gasteiger partial charge in [0, 0.05) is 18.2 Å². The molecule has 0 aliphatic rings. The van der Waals surface area contributed by atoms with Gasteiger partial charge in [0.05, 0.1) is 6.61 Å². The van der Waals surface area contributed by atoms with Crippen LogP contribution in [-0.2, 0) is 35.2 Å².